The van der Waals surface area contributed by atoms with Crippen molar-refractivity contribution in [1.29, 1.82) is 0 Å². The molecule has 4 heteroatoms. The summed E-state index contributed by atoms with van der Waals surface area (Å²) >= 11 is 1.81. The van der Waals surface area contributed by atoms with Gasteiger partial charge in [0.2, 0.25) is 0 Å². The van der Waals surface area contributed by atoms with Gasteiger partial charge in [-0.2, -0.15) is 0 Å². The molecule has 3 nitrogen and oxygen atoms in total. The highest BCUT2D eigenvalue weighted by atomic mass is 32.2. The highest BCUT2D eigenvalue weighted by Gasteiger charge is 1.99. The van der Waals surface area contributed by atoms with E-state index in [-0.39, 0.29) is 0 Å². The summed E-state index contributed by atoms with van der Waals surface area (Å²) in [4.78, 5) is 0. The largest absolute Gasteiger partial charge is 0.497 e. The van der Waals surface area contributed by atoms with E-state index in [9.17, 15) is 0 Å². The molecule has 21 heavy (non-hydrogen) atoms. The van der Waals surface area contributed by atoms with Crippen LogP contribution in [-0.4, -0.2) is 31.8 Å². The first-order valence-corrected chi connectivity index (χ1v) is 9.14. The van der Waals surface area contributed by atoms with E-state index in [4.69, 9.17) is 10.5 Å². The Kier molecular flexibility index (Phi) is 14.2. The maximum absolute atomic E-state index is 5.82. The summed E-state index contributed by atoms with van der Waals surface area (Å²) in [6, 6.07) is 0. The van der Waals surface area contributed by atoms with Crippen LogP contribution in [0.3, 0.4) is 0 Å². The zero-order valence-electron chi connectivity index (χ0n) is 14.2. The van der Waals surface area contributed by atoms with Crippen LogP contribution in [0.5, 0.6) is 0 Å². The van der Waals surface area contributed by atoms with Crippen molar-refractivity contribution >= 4 is 11.8 Å². The van der Waals surface area contributed by atoms with E-state index in [1.807, 2.05) is 7.05 Å². The van der Waals surface area contributed by atoms with Crippen molar-refractivity contribution < 1.29 is 4.74 Å². The Morgan fingerprint density at radius 3 is 2.67 bits per heavy atom. The highest BCUT2D eigenvalue weighted by molar-refractivity contribution is 7.99. The fraction of sp³-hybridized carbons (Fsp3) is 0.765. The summed E-state index contributed by atoms with van der Waals surface area (Å²) in [5, 5.41) is 3.16. The first-order valence-electron chi connectivity index (χ1n) is 7.99. The minimum atomic E-state index is 0.689. The number of nitrogens with two attached hydrogens (primary N) is 1. The molecule has 0 aromatic rings. The Balaban J connectivity index is 3.95. The normalized spacial score (nSPS) is 14.1. The summed E-state index contributed by atoms with van der Waals surface area (Å²) in [6.07, 6.45) is 9.83. The van der Waals surface area contributed by atoms with E-state index < -0.39 is 0 Å². The van der Waals surface area contributed by atoms with E-state index in [1.54, 1.807) is 11.8 Å². The lowest BCUT2D eigenvalue weighted by atomic mass is 10.1. The van der Waals surface area contributed by atoms with Gasteiger partial charge in [-0.3, -0.25) is 0 Å². The maximum atomic E-state index is 5.82. The third-order valence-corrected chi connectivity index (χ3v) is 4.08. The van der Waals surface area contributed by atoms with Crippen LogP contribution < -0.4 is 11.1 Å². The second-order valence-corrected chi connectivity index (χ2v) is 6.89. The van der Waals surface area contributed by atoms with Crippen LogP contribution in [0.15, 0.2) is 24.0 Å². The van der Waals surface area contributed by atoms with Gasteiger partial charge in [0.05, 0.1) is 13.2 Å². The van der Waals surface area contributed by atoms with Gasteiger partial charge < -0.3 is 15.8 Å². The van der Waals surface area contributed by atoms with E-state index in [1.165, 1.54) is 0 Å². The minimum absolute atomic E-state index is 0.689. The van der Waals surface area contributed by atoms with E-state index in [0.29, 0.717) is 11.8 Å². The molecule has 0 rings (SSSR count). The Morgan fingerprint density at radius 2 is 2.05 bits per heavy atom. The van der Waals surface area contributed by atoms with Crippen molar-refractivity contribution in [1.82, 2.24) is 5.32 Å². The van der Waals surface area contributed by atoms with Gasteiger partial charge in [-0.25, -0.2) is 0 Å². The van der Waals surface area contributed by atoms with Crippen LogP contribution in [-0.2, 0) is 4.74 Å². The predicted molar refractivity (Wildman–Crippen MR) is 96.5 cm³/mol. The Bertz CT molecular complexity index is 291. The number of thioether (sulfide) groups is 1. The van der Waals surface area contributed by atoms with Crippen LogP contribution in [0.1, 0.15) is 40.0 Å². The molecule has 0 aliphatic heterocycles. The summed E-state index contributed by atoms with van der Waals surface area (Å²) < 4.78 is 5.82. The quantitative estimate of drug-likeness (QED) is 0.309. The lowest BCUT2D eigenvalue weighted by Crippen LogP contribution is -2.13. The van der Waals surface area contributed by atoms with Crippen LogP contribution in [0.25, 0.3) is 0 Å². The number of nitrogens with one attached hydrogen (secondary N) is 1. The fourth-order valence-corrected chi connectivity index (χ4v) is 2.42. The minimum Gasteiger partial charge on any atom is -0.497 e. The molecule has 0 aliphatic rings. The number of ether oxygens (including phenoxy) is 1. The number of hydrogen-bond donors (Lipinski definition) is 2. The molecule has 0 fully saturated rings. The van der Waals surface area contributed by atoms with E-state index in [2.05, 4.69) is 44.3 Å². The SMILES string of the molecule is CNC/C(=C\C/C=C/CC(C)CSCN)OCCC(C)C. The van der Waals surface area contributed by atoms with Crippen molar-refractivity contribution in [3.05, 3.63) is 24.0 Å². The average Bonchev–Trinajstić information content (AvgIpc) is 2.44. The second kappa shape index (κ2) is 14.5. The molecule has 0 aromatic carbocycles. The van der Waals surface area contributed by atoms with E-state index in [0.717, 1.165) is 49.8 Å². The van der Waals surface area contributed by atoms with Crippen LogP contribution in [0.4, 0.5) is 0 Å². The molecule has 0 aromatic heterocycles. The van der Waals surface area contributed by atoms with Crippen LogP contribution in [0, 0.1) is 11.8 Å². The van der Waals surface area contributed by atoms with Gasteiger partial charge in [0.1, 0.15) is 5.76 Å². The van der Waals surface area contributed by atoms with Gasteiger partial charge in [0, 0.05) is 5.88 Å². The molecule has 0 aliphatic carbocycles. The van der Waals surface area contributed by atoms with Gasteiger partial charge in [0.15, 0.2) is 0 Å². The van der Waals surface area contributed by atoms with Gasteiger partial charge in [-0.1, -0.05) is 32.9 Å². The van der Waals surface area contributed by atoms with Gasteiger partial charge in [-0.15, -0.1) is 11.8 Å². The summed E-state index contributed by atoms with van der Waals surface area (Å²) in [6.45, 7) is 8.32. The summed E-state index contributed by atoms with van der Waals surface area (Å²) in [5.41, 5.74) is 5.49. The molecule has 0 bridgehead atoms. The molecular formula is C17H34N2OS. The Hall–Kier alpha value is -0.450. The van der Waals surface area contributed by atoms with Crippen molar-refractivity contribution in [2.75, 3.05) is 31.8 Å². The molecule has 0 spiro atoms. The second-order valence-electron chi connectivity index (χ2n) is 5.82. The average molecular weight is 315 g/mol. The Labute approximate surface area is 135 Å². The number of likely N-dealkylation sites (N-methyl/N-ethyl adjacent to an activating group) is 1. The molecule has 124 valence electrons. The van der Waals surface area contributed by atoms with Crippen molar-refractivity contribution in [2.45, 2.75) is 40.0 Å². The van der Waals surface area contributed by atoms with Crippen LogP contribution in [0.2, 0.25) is 0 Å². The third kappa shape index (κ3) is 14.3. The fourth-order valence-electron chi connectivity index (χ4n) is 1.74. The van der Waals surface area contributed by atoms with Gasteiger partial charge in [-0.05, 0) is 50.0 Å². The summed E-state index contributed by atoms with van der Waals surface area (Å²) in [5.74, 6) is 4.29. The number of rotatable bonds is 13. The zero-order chi connectivity index (χ0) is 15.9. The molecule has 0 radical (unpaired) electrons. The molecule has 0 saturated heterocycles. The van der Waals surface area contributed by atoms with Crippen LogP contribution >= 0.6 is 11.8 Å². The first-order chi connectivity index (χ1) is 10.1. The third-order valence-electron chi connectivity index (χ3n) is 3.04. The van der Waals surface area contributed by atoms with Gasteiger partial charge >= 0.3 is 0 Å². The molecule has 0 saturated carbocycles. The van der Waals surface area contributed by atoms with Crippen molar-refractivity contribution in [2.24, 2.45) is 17.6 Å². The Morgan fingerprint density at radius 1 is 1.29 bits per heavy atom. The molecule has 3 N–H and O–H groups in total. The molecule has 1 atom stereocenters. The number of allylic oxidation sites excluding steroid dienone is 3. The lowest BCUT2D eigenvalue weighted by Gasteiger charge is -2.11. The number of hydrogen-bond acceptors (Lipinski definition) is 4. The predicted octanol–water partition coefficient (Wildman–Crippen LogP) is 3.77. The topological polar surface area (TPSA) is 47.3 Å². The maximum Gasteiger partial charge on any atom is 0.106 e. The zero-order valence-corrected chi connectivity index (χ0v) is 15.0. The first kappa shape index (κ1) is 20.6. The molecule has 0 amide bonds. The highest BCUT2D eigenvalue weighted by Crippen LogP contribution is 2.11. The van der Waals surface area contributed by atoms with Gasteiger partial charge in [0.25, 0.3) is 0 Å². The molecule has 1 unspecified atom stereocenters. The van der Waals surface area contributed by atoms with Crippen molar-refractivity contribution in [3.8, 4) is 0 Å². The smallest absolute Gasteiger partial charge is 0.106 e. The molecular weight excluding hydrogens is 280 g/mol. The monoisotopic (exact) mass is 314 g/mol. The van der Waals surface area contributed by atoms with Crippen molar-refractivity contribution in [3.63, 3.8) is 0 Å². The molecule has 0 heterocycles. The lowest BCUT2D eigenvalue weighted by molar-refractivity contribution is 0.189. The van der Waals surface area contributed by atoms with E-state index >= 15 is 0 Å². The standard InChI is InChI=1S/C17H34N2OS/c1-15(2)10-11-20-17(12-19-4)9-7-5-6-8-16(3)13-21-14-18/h5-6,9,15-16,19H,7-8,10-14,18H2,1-4H3/b6-5+,17-9+. The summed E-state index contributed by atoms with van der Waals surface area (Å²) in [7, 11) is 1.95.